The van der Waals surface area contributed by atoms with Crippen LogP contribution >= 0.6 is 11.8 Å². The van der Waals surface area contributed by atoms with Crippen molar-refractivity contribution >= 4 is 40.2 Å². The average Bonchev–Trinajstić information content (AvgIpc) is 3.63. The number of amides is 3. The number of ether oxygens (including phenoxy) is 2. The molecular weight excluding hydrogens is 621 g/mol. The number of nitrogens with one attached hydrogen (secondary N) is 1. The van der Waals surface area contributed by atoms with Crippen LogP contribution < -0.4 is 19.7 Å². The Hall–Kier alpha value is -4.85. The summed E-state index contributed by atoms with van der Waals surface area (Å²) in [4.78, 5) is 36.3. The van der Waals surface area contributed by atoms with Gasteiger partial charge in [-0.25, -0.2) is 14.5 Å². The fourth-order valence-electron chi connectivity index (χ4n) is 4.86. The van der Waals surface area contributed by atoms with Crippen molar-refractivity contribution in [2.24, 2.45) is 4.99 Å². The molecule has 3 amide bonds. The quantitative estimate of drug-likeness (QED) is 0.207. The predicted molar refractivity (Wildman–Crippen MR) is 171 cm³/mol. The number of rotatable bonds is 8. The van der Waals surface area contributed by atoms with E-state index in [1.54, 1.807) is 25.3 Å². The molecule has 0 aliphatic carbocycles. The lowest BCUT2D eigenvalue weighted by Crippen LogP contribution is -2.31. The monoisotopic (exact) mass is 652 g/mol. The molecule has 0 saturated carbocycles. The number of amidine groups is 1. The molecule has 3 aromatic carbocycles. The summed E-state index contributed by atoms with van der Waals surface area (Å²) in [5.41, 5.74) is 4.06. The van der Waals surface area contributed by atoms with Gasteiger partial charge in [0.1, 0.15) is 17.8 Å². The lowest BCUT2D eigenvalue weighted by molar-refractivity contribution is -0.274. The molecule has 0 atom stereocenters. The summed E-state index contributed by atoms with van der Waals surface area (Å²) in [6.45, 7) is 7.99. The first kappa shape index (κ1) is 32.5. The van der Waals surface area contributed by atoms with Gasteiger partial charge in [-0.15, -0.1) is 18.3 Å². The number of aromatic nitrogens is 3. The van der Waals surface area contributed by atoms with Gasteiger partial charge in [0.25, 0.3) is 0 Å². The number of aliphatic imine (C=N–C) groups is 1. The number of hydrogen-bond acceptors (Lipinski definition) is 7. The molecule has 10 nitrogen and oxygen atoms in total. The van der Waals surface area contributed by atoms with Crippen LogP contribution in [0.2, 0.25) is 0 Å². The summed E-state index contributed by atoms with van der Waals surface area (Å²) in [5.74, 6) is 0.701. The molecule has 1 aliphatic heterocycles. The van der Waals surface area contributed by atoms with Crippen molar-refractivity contribution in [3.8, 4) is 28.6 Å². The number of benzene rings is 3. The second-order valence-corrected chi connectivity index (χ2v) is 11.9. The Morgan fingerprint density at radius 1 is 0.978 bits per heavy atom. The molecule has 240 valence electrons. The Kier molecular flexibility index (Phi) is 9.37. The van der Waals surface area contributed by atoms with Crippen molar-refractivity contribution in [2.45, 2.75) is 45.9 Å². The van der Waals surface area contributed by atoms with Gasteiger partial charge in [-0.1, -0.05) is 45.5 Å². The van der Waals surface area contributed by atoms with Crippen molar-refractivity contribution in [1.29, 1.82) is 0 Å². The van der Waals surface area contributed by atoms with Crippen molar-refractivity contribution in [1.82, 2.24) is 14.8 Å². The third kappa shape index (κ3) is 7.33. The Morgan fingerprint density at radius 3 is 2.33 bits per heavy atom. The van der Waals surface area contributed by atoms with Gasteiger partial charge in [-0.2, -0.15) is 4.99 Å². The van der Waals surface area contributed by atoms with Crippen LogP contribution in [0.3, 0.4) is 0 Å². The highest BCUT2D eigenvalue weighted by atomic mass is 32.2. The molecule has 0 radical (unpaired) electrons. The molecule has 1 saturated heterocycles. The smallest absolute Gasteiger partial charge is 0.497 e. The highest BCUT2D eigenvalue weighted by Gasteiger charge is 2.33. The largest absolute Gasteiger partial charge is 0.573 e. The van der Waals surface area contributed by atoms with E-state index < -0.39 is 12.4 Å². The number of hydrogen-bond donors (Lipinski definition) is 1. The number of carbonyl (C=O) groups excluding carboxylic acids is 2. The maximum atomic E-state index is 13.2. The normalized spacial score (nSPS) is 14.4. The van der Waals surface area contributed by atoms with Crippen LogP contribution in [-0.2, 0) is 4.79 Å². The van der Waals surface area contributed by atoms with Gasteiger partial charge < -0.3 is 14.8 Å². The first-order valence-corrected chi connectivity index (χ1v) is 15.3. The summed E-state index contributed by atoms with van der Waals surface area (Å²) in [7, 11) is 1.55. The van der Waals surface area contributed by atoms with Crippen molar-refractivity contribution in [3.05, 3.63) is 78.1 Å². The predicted octanol–water partition coefficient (Wildman–Crippen LogP) is 7.76. The van der Waals surface area contributed by atoms with Crippen LogP contribution in [0.25, 0.3) is 17.1 Å². The molecular formula is C32H31F3N6O4S. The minimum atomic E-state index is -4.78. The van der Waals surface area contributed by atoms with Crippen LogP contribution in [0.1, 0.15) is 50.7 Å². The van der Waals surface area contributed by atoms with Gasteiger partial charge in [-0.3, -0.25) is 9.69 Å². The van der Waals surface area contributed by atoms with E-state index in [1.807, 2.05) is 45.9 Å². The van der Waals surface area contributed by atoms with Crippen LogP contribution in [-0.4, -0.2) is 51.1 Å². The number of alkyl halides is 3. The second-order valence-electron chi connectivity index (χ2n) is 10.9. The Bertz CT molecular complexity index is 1790. The van der Waals surface area contributed by atoms with Gasteiger partial charge >= 0.3 is 12.4 Å². The first-order valence-electron chi connectivity index (χ1n) is 14.3. The number of thioether (sulfide) groups is 1. The fraction of sp³-hybridized carbons (Fsp3) is 0.281. The van der Waals surface area contributed by atoms with E-state index in [4.69, 9.17) is 4.74 Å². The van der Waals surface area contributed by atoms with E-state index in [0.29, 0.717) is 34.2 Å². The average molecular weight is 653 g/mol. The summed E-state index contributed by atoms with van der Waals surface area (Å²) in [5, 5.41) is 7.60. The van der Waals surface area contributed by atoms with Crippen molar-refractivity contribution in [2.75, 3.05) is 23.1 Å². The van der Waals surface area contributed by atoms with Gasteiger partial charge in [0.05, 0.1) is 24.2 Å². The molecule has 4 aromatic rings. The van der Waals surface area contributed by atoms with E-state index in [2.05, 4.69) is 25.1 Å². The molecule has 0 unspecified atom stereocenters. The Morgan fingerprint density at radius 2 is 1.67 bits per heavy atom. The van der Waals surface area contributed by atoms with Crippen LogP contribution in [0.15, 0.2) is 72.0 Å². The van der Waals surface area contributed by atoms with Gasteiger partial charge in [-0.05, 0) is 71.5 Å². The number of urea groups is 1. The SMILES string of the molecule is COc1ccc(C(C)C)c(N2C(=O)CSC2=NC(=O)Nc2ccc(-c3ncn(-c4ccc(OC(F)(F)F)cc4)n3)cc2C(C)C)c1. The van der Waals surface area contributed by atoms with Gasteiger partial charge in [0.15, 0.2) is 11.0 Å². The minimum Gasteiger partial charge on any atom is -0.497 e. The molecule has 2 heterocycles. The molecule has 1 N–H and O–H groups in total. The second kappa shape index (κ2) is 13.3. The topological polar surface area (TPSA) is 111 Å². The Labute approximate surface area is 267 Å². The standard InChI is InChI=1S/C32H31F3N6O4S/c1-18(2)24-12-11-23(44-5)15-27(24)41-28(42)16-46-31(41)38-30(43)37-26-13-6-20(14-25(26)19(3)4)29-36-17-40(39-29)21-7-9-22(10-8-21)45-32(33,34)35/h6-15,17-19H,16H2,1-5H3,(H,37,43). The summed E-state index contributed by atoms with van der Waals surface area (Å²) >= 11 is 1.19. The molecule has 1 fully saturated rings. The zero-order valence-electron chi connectivity index (χ0n) is 25.6. The first-order chi connectivity index (χ1) is 21.8. The maximum Gasteiger partial charge on any atom is 0.573 e. The van der Waals surface area contributed by atoms with Crippen LogP contribution in [0, 0.1) is 0 Å². The number of methoxy groups -OCH3 is 1. The van der Waals surface area contributed by atoms with Crippen LogP contribution in [0.5, 0.6) is 11.5 Å². The van der Waals surface area contributed by atoms with Gasteiger partial charge in [0, 0.05) is 17.3 Å². The number of anilines is 2. The molecule has 0 spiro atoms. The summed E-state index contributed by atoms with van der Waals surface area (Å²) in [6.07, 6.45) is -3.33. The maximum absolute atomic E-state index is 13.2. The third-order valence-electron chi connectivity index (χ3n) is 7.06. The molecule has 46 heavy (non-hydrogen) atoms. The Balaban J connectivity index is 1.37. The molecule has 5 rings (SSSR count). The molecule has 1 aromatic heterocycles. The van der Waals surface area contributed by atoms with E-state index in [0.717, 1.165) is 11.1 Å². The number of halogens is 3. The highest BCUT2D eigenvalue weighted by Crippen LogP contribution is 2.36. The molecule has 0 bridgehead atoms. The third-order valence-corrected chi connectivity index (χ3v) is 7.99. The molecule has 14 heteroatoms. The van der Waals surface area contributed by atoms with Crippen molar-refractivity contribution < 1.29 is 32.2 Å². The zero-order valence-corrected chi connectivity index (χ0v) is 26.4. The van der Waals surface area contributed by atoms with E-state index in [9.17, 15) is 22.8 Å². The van der Waals surface area contributed by atoms with E-state index in [1.165, 1.54) is 51.9 Å². The minimum absolute atomic E-state index is 0.00418. The fourth-order valence-corrected chi connectivity index (χ4v) is 5.72. The van der Waals surface area contributed by atoms with E-state index in [-0.39, 0.29) is 34.4 Å². The summed E-state index contributed by atoms with van der Waals surface area (Å²) < 4.78 is 48.2. The van der Waals surface area contributed by atoms with Crippen LogP contribution in [0.4, 0.5) is 29.3 Å². The van der Waals surface area contributed by atoms with Crippen molar-refractivity contribution in [3.63, 3.8) is 0 Å². The van der Waals surface area contributed by atoms with E-state index >= 15 is 0 Å². The molecule has 1 aliphatic rings. The summed E-state index contributed by atoms with van der Waals surface area (Å²) in [6, 6.07) is 15.5. The number of carbonyl (C=O) groups is 2. The number of nitrogens with zero attached hydrogens (tertiary/aromatic N) is 5. The lowest BCUT2D eigenvalue weighted by Gasteiger charge is -2.22. The highest BCUT2D eigenvalue weighted by molar-refractivity contribution is 8.15. The van der Waals surface area contributed by atoms with Gasteiger partial charge in [0.2, 0.25) is 5.91 Å². The zero-order chi connectivity index (χ0) is 33.2. The lowest BCUT2D eigenvalue weighted by atomic mass is 9.98.